The van der Waals surface area contributed by atoms with Crippen molar-refractivity contribution >= 4 is 29.1 Å². The number of carboxylic acids is 1. The lowest BCUT2D eigenvalue weighted by Gasteiger charge is -2.12. The summed E-state index contributed by atoms with van der Waals surface area (Å²) >= 11 is 5.59. The molecule has 1 aromatic rings. The Balaban J connectivity index is 3.05. The summed E-state index contributed by atoms with van der Waals surface area (Å²) in [5, 5.41) is 22.3. The topological polar surface area (TPSA) is 105 Å². The van der Waals surface area contributed by atoms with Crippen LogP contribution < -0.4 is 5.32 Å². The molecule has 1 unspecified atom stereocenters. The highest BCUT2D eigenvalue weighted by atomic mass is 35.5. The van der Waals surface area contributed by atoms with Gasteiger partial charge in [-0.15, -0.1) is 6.58 Å². The number of carbonyl (C=O) groups is 1. The Hall–Kier alpha value is -2.15. The first-order valence-corrected chi connectivity index (χ1v) is 5.23. The number of carboxylic acid groups (broad SMARTS) is 1. The van der Waals surface area contributed by atoms with Gasteiger partial charge < -0.3 is 10.4 Å². The number of nitro groups is 1. The number of nitrogens with zero attached hydrogens (tertiary/aromatic N) is 2. The predicted molar refractivity (Wildman–Crippen MR) is 65.8 cm³/mol. The van der Waals surface area contributed by atoms with Gasteiger partial charge in [0.2, 0.25) is 5.82 Å². The maximum absolute atomic E-state index is 10.9. The minimum Gasteiger partial charge on any atom is -0.480 e. The normalized spacial score (nSPS) is 11.6. The number of pyridine rings is 1. The van der Waals surface area contributed by atoms with E-state index in [1.165, 1.54) is 12.3 Å². The molecule has 0 saturated carbocycles. The van der Waals surface area contributed by atoms with Crippen molar-refractivity contribution in [2.75, 3.05) is 5.32 Å². The van der Waals surface area contributed by atoms with Crippen LogP contribution in [0.1, 0.15) is 6.42 Å². The maximum Gasteiger partial charge on any atom is 0.326 e. The van der Waals surface area contributed by atoms with Crippen LogP contribution in [-0.2, 0) is 4.79 Å². The summed E-state index contributed by atoms with van der Waals surface area (Å²) in [5.41, 5.74) is -0.377. The molecule has 96 valence electrons. The highest BCUT2D eigenvalue weighted by Crippen LogP contribution is 2.25. The van der Waals surface area contributed by atoms with E-state index in [9.17, 15) is 14.9 Å². The van der Waals surface area contributed by atoms with E-state index >= 15 is 0 Å². The van der Waals surface area contributed by atoms with E-state index in [-0.39, 0.29) is 22.9 Å². The van der Waals surface area contributed by atoms with Crippen LogP contribution in [0.5, 0.6) is 0 Å². The summed E-state index contributed by atoms with van der Waals surface area (Å²) in [6, 6.07) is 0.0684. The molecule has 0 radical (unpaired) electrons. The Labute approximate surface area is 107 Å². The highest BCUT2D eigenvalue weighted by Gasteiger charge is 2.22. The van der Waals surface area contributed by atoms with Gasteiger partial charge in [0.05, 0.1) is 9.95 Å². The van der Waals surface area contributed by atoms with Gasteiger partial charge in [-0.3, -0.25) is 10.1 Å². The molecule has 0 fully saturated rings. The van der Waals surface area contributed by atoms with E-state index < -0.39 is 16.9 Å². The molecule has 1 aromatic heterocycles. The summed E-state index contributed by atoms with van der Waals surface area (Å²) in [6.45, 7) is 3.42. The van der Waals surface area contributed by atoms with E-state index in [0.717, 1.165) is 6.07 Å². The first kappa shape index (κ1) is 13.9. The molecule has 0 aliphatic carbocycles. The van der Waals surface area contributed by atoms with Crippen molar-refractivity contribution in [1.82, 2.24) is 4.98 Å². The highest BCUT2D eigenvalue weighted by molar-refractivity contribution is 6.30. The Bertz CT molecular complexity index is 492. The molecule has 0 bridgehead atoms. The molecule has 1 atom stereocenters. The zero-order valence-corrected chi connectivity index (χ0v) is 9.92. The molecule has 1 heterocycles. The van der Waals surface area contributed by atoms with Gasteiger partial charge in [0, 0.05) is 12.3 Å². The van der Waals surface area contributed by atoms with Crippen molar-refractivity contribution in [3.63, 3.8) is 0 Å². The summed E-state index contributed by atoms with van der Waals surface area (Å²) in [7, 11) is 0. The molecule has 2 N–H and O–H groups in total. The maximum atomic E-state index is 10.9. The summed E-state index contributed by atoms with van der Waals surface area (Å²) < 4.78 is 0. The third kappa shape index (κ3) is 3.42. The number of rotatable bonds is 6. The van der Waals surface area contributed by atoms with Crippen LogP contribution in [0.15, 0.2) is 24.9 Å². The van der Waals surface area contributed by atoms with Crippen LogP contribution in [0.3, 0.4) is 0 Å². The number of nitrogens with one attached hydrogen (secondary N) is 1. The molecular weight excluding hydrogens is 262 g/mol. The second-order valence-corrected chi connectivity index (χ2v) is 3.77. The van der Waals surface area contributed by atoms with Gasteiger partial charge in [-0.2, -0.15) is 0 Å². The second-order valence-electron chi connectivity index (χ2n) is 3.34. The molecular formula is C10H10ClN3O4. The lowest BCUT2D eigenvalue weighted by molar-refractivity contribution is -0.384. The van der Waals surface area contributed by atoms with Gasteiger partial charge in [-0.1, -0.05) is 17.7 Å². The van der Waals surface area contributed by atoms with Gasteiger partial charge in [0.25, 0.3) is 0 Å². The van der Waals surface area contributed by atoms with Crippen molar-refractivity contribution < 1.29 is 14.8 Å². The van der Waals surface area contributed by atoms with Gasteiger partial charge in [0.1, 0.15) is 6.04 Å². The molecule has 18 heavy (non-hydrogen) atoms. The van der Waals surface area contributed by atoms with E-state index in [0.29, 0.717) is 0 Å². The summed E-state index contributed by atoms with van der Waals surface area (Å²) in [5.74, 6) is -1.29. The monoisotopic (exact) mass is 271 g/mol. The predicted octanol–water partition coefficient (Wildman–Crippen LogP) is 2.08. The van der Waals surface area contributed by atoms with Gasteiger partial charge >= 0.3 is 11.7 Å². The van der Waals surface area contributed by atoms with Gasteiger partial charge in [0.15, 0.2) is 0 Å². The van der Waals surface area contributed by atoms with Crippen LogP contribution in [0, 0.1) is 10.1 Å². The number of hydrogen-bond donors (Lipinski definition) is 2. The Morgan fingerprint density at radius 1 is 1.78 bits per heavy atom. The second kappa shape index (κ2) is 5.97. The molecule has 0 amide bonds. The van der Waals surface area contributed by atoms with Crippen LogP contribution in [0.2, 0.25) is 5.02 Å². The van der Waals surface area contributed by atoms with E-state index in [1.54, 1.807) is 0 Å². The van der Waals surface area contributed by atoms with Crippen molar-refractivity contribution in [3.05, 3.63) is 40.1 Å². The van der Waals surface area contributed by atoms with Gasteiger partial charge in [-0.05, 0) is 6.42 Å². The molecule has 7 nitrogen and oxygen atoms in total. The van der Waals surface area contributed by atoms with Crippen LogP contribution in [-0.4, -0.2) is 27.0 Å². The van der Waals surface area contributed by atoms with Crippen LogP contribution in [0.25, 0.3) is 0 Å². The van der Waals surface area contributed by atoms with E-state index in [2.05, 4.69) is 16.9 Å². The molecule has 1 rings (SSSR count). The molecule has 0 aliphatic heterocycles. The fourth-order valence-corrected chi connectivity index (χ4v) is 1.38. The number of halogens is 1. The minimum atomic E-state index is -1.15. The molecule has 0 spiro atoms. The average molecular weight is 272 g/mol. The SMILES string of the molecule is C=CCC(Nc1ncc(Cl)cc1[N+](=O)[O-])C(=O)O. The lowest BCUT2D eigenvalue weighted by atomic mass is 10.2. The fourth-order valence-electron chi connectivity index (χ4n) is 1.23. The average Bonchev–Trinajstić information content (AvgIpc) is 2.30. The third-order valence-electron chi connectivity index (χ3n) is 2.04. The van der Waals surface area contributed by atoms with Crippen LogP contribution in [0.4, 0.5) is 11.5 Å². The quantitative estimate of drug-likeness (QED) is 0.466. The Morgan fingerprint density at radius 2 is 2.44 bits per heavy atom. The van der Waals surface area contributed by atoms with Gasteiger partial charge in [-0.25, -0.2) is 9.78 Å². The van der Waals surface area contributed by atoms with Crippen molar-refractivity contribution in [2.45, 2.75) is 12.5 Å². The summed E-state index contributed by atoms with van der Waals surface area (Å²) in [6.07, 6.45) is 2.70. The standard InChI is InChI=1S/C10H10ClN3O4/c1-2-3-7(10(15)16)13-9-8(14(17)18)4-6(11)5-12-9/h2,4-5,7H,1,3H2,(H,12,13)(H,15,16). The zero-order chi connectivity index (χ0) is 13.7. The molecule has 0 aliphatic rings. The number of hydrogen-bond acceptors (Lipinski definition) is 5. The zero-order valence-electron chi connectivity index (χ0n) is 9.17. The van der Waals surface area contributed by atoms with E-state index in [1.807, 2.05) is 0 Å². The van der Waals surface area contributed by atoms with Crippen LogP contribution >= 0.6 is 11.6 Å². The fraction of sp³-hybridized carbons (Fsp3) is 0.200. The number of aromatic nitrogens is 1. The number of anilines is 1. The third-order valence-corrected chi connectivity index (χ3v) is 2.25. The van der Waals surface area contributed by atoms with E-state index in [4.69, 9.17) is 16.7 Å². The first-order chi connectivity index (χ1) is 8.45. The Kier molecular flexibility index (Phi) is 4.61. The molecule has 0 saturated heterocycles. The lowest BCUT2D eigenvalue weighted by Crippen LogP contribution is -2.29. The molecule has 0 aromatic carbocycles. The van der Waals surface area contributed by atoms with Crippen molar-refractivity contribution in [2.24, 2.45) is 0 Å². The molecule has 8 heteroatoms. The smallest absolute Gasteiger partial charge is 0.326 e. The summed E-state index contributed by atoms with van der Waals surface area (Å²) in [4.78, 5) is 24.7. The van der Waals surface area contributed by atoms with Crippen molar-refractivity contribution in [1.29, 1.82) is 0 Å². The number of aliphatic carboxylic acids is 1. The van der Waals surface area contributed by atoms with Crippen molar-refractivity contribution in [3.8, 4) is 0 Å². The first-order valence-electron chi connectivity index (χ1n) is 4.86. The largest absolute Gasteiger partial charge is 0.480 e. The minimum absolute atomic E-state index is 0.0999. The Morgan fingerprint density at radius 3 is 2.94 bits per heavy atom.